The maximum absolute atomic E-state index is 6.22. The van der Waals surface area contributed by atoms with E-state index in [2.05, 4.69) is 234 Å². The first kappa shape index (κ1) is 36.3. The summed E-state index contributed by atoms with van der Waals surface area (Å²) in [6, 6.07) is 88.4. The largest absolute Gasteiger partial charge is 0.456 e. The molecule has 10 aromatic carbocycles. The van der Waals surface area contributed by atoms with E-state index in [0.717, 1.165) is 56.2 Å². The van der Waals surface area contributed by atoms with Crippen LogP contribution in [0, 0.1) is 0 Å². The number of hydrogen-bond donors (Lipinski definition) is 0. The minimum Gasteiger partial charge on any atom is -0.456 e. The molecule has 3 nitrogen and oxygen atoms in total. The second-order valence-electron chi connectivity index (χ2n) is 16.8. The van der Waals surface area contributed by atoms with Gasteiger partial charge in [0.05, 0.1) is 16.8 Å². The van der Waals surface area contributed by atoms with E-state index < -0.39 is 5.41 Å². The maximum atomic E-state index is 6.22. The number of hydrogen-bond acceptors (Lipinski definition) is 3. The predicted octanol–water partition coefficient (Wildman–Crippen LogP) is 16.5. The van der Waals surface area contributed by atoms with Gasteiger partial charge in [0.15, 0.2) is 0 Å². The van der Waals surface area contributed by atoms with Crippen molar-refractivity contribution < 1.29 is 4.42 Å². The minimum atomic E-state index is -0.602. The number of fused-ring (bicyclic) bond motifs is 12. The highest BCUT2D eigenvalue weighted by molar-refractivity contribution is 6.06. The average molecular weight is 817 g/mol. The molecule has 11 aromatic rings. The lowest BCUT2D eigenvalue weighted by Crippen LogP contribution is -2.36. The van der Waals surface area contributed by atoms with Crippen LogP contribution in [0.15, 0.2) is 247 Å². The van der Waals surface area contributed by atoms with Crippen molar-refractivity contribution in [3.05, 3.63) is 265 Å². The van der Waals surface area contributed by atoms with E-state index in [1.165, 1.54) is 55.5 Å². The van der Waals surface area contributed by atoms with Crippen molar-refractivity contribution in [2.45, 2.75) is 5.41 Å². The summed E-state index contributed by atoms with van der Waals surface area (Å²) in [5.74, 6) is 0.872. The van der Waals surface area contributed by atoms with Gasteiger partial charge in [-0.1, -0.05) is 170 Å². The molecule has 3 heteroatoms. The topological polar surface area (TPSA) is 19.6 Å². The number of anilines is 6. The fourth-order valence-electron chi connectivity index (χ4n) is 10.7. The molecule has 0 amide bonds. The van der Waals surface area contributed by atoms with Gasteiger partial charge in [-0.3, -0.25) is 0 Å². The third-order valence-corrected chi connectivity index (χ3v) is 13.4. The summed E-state index contributed by atoms with van der Waals surface area (Å²) in [5.41, 5.74) is 18.1. The zero-order valence-corrected chi connectivity index (χ0v) is 34.9. The number of rotatable bonds is 6. The zero-order chi connectivity index (χ0) is 42.2. The van der Waals surface area contributed by atoms with Gasteiger partial charge in [0.2, 0.25) is 0 Å². The summed E-state index contributed by atoms with van der Waals surface area (Å²) in [4.78, 5) is 4.86. The van der Waals surface area contributed by atoms with E-state index in [0.29, 0.717) is 0 Å². The smallest absolute Gasteiger partial charge is 0.135 e. The predicted molar refractivity (Wildman–Crippen MR) is 265 cm³/mol. The molecule has 1 spiro atoms. The molecule has 0 N–H and O–H groups in total. The Labute approximate surface area is 372 Å². The molecule has 1 aliphatic carbocycles. The van der Waals surface area contributed by atoms with Gasteiger partial charge in [-0.25, -0.2) is 0 Å². The molecule has 0 atom stereocenters. The normalized spacial score (nSPS) is 13.1. The van der Waals surface area contributed by atoms with Crippen LogP contribution in [0.2, 0.25) is 0 Å². The lowest BCUT2D eigenvalue weighted by atomic mass is 9.64. The van der Waals surface area contributed by atoms with Crippen molar-refractivity contribution in [1.82, 2.24) is 0 Å². The third-order valence-electron chi connectivity index (χ3n) is 13.4. The fourth-order valence-corrected chi connectivity index (χ4v) is 10.7. The Morgan fingerprint density at radius 3 is 1.77 bits per heavy atom. The van der Waals surface area contributed by atoms with Gasteiger partial charge in [0, 0.05) is 33.7 Å². The second kappa shape index (κ2) is 14.3. The van der Waals surface area contributed by atoms with Gasteiger partial charge in [0.25, 0.3) is 0 Å². The molecule has 64 heavy (non-hydrogen) atoms. The van der Waals surface area contributed by atoms with Gasteiger partial charge in [0.1, 0.15) is 11.3 Å². The number of furan rings is 1. The fraction of sp³-hybridized carbons (Fsp3) is 0.0164. The summed E-state index contributed by atoms with van der Waals surface area (Å²) in [6.07, 6.45) is 0. The Kier molecular flexibility index (Phi) is 8.13. The highest BCUT2D eigenvalue weighted by Gasteiger charge is 2.52. The van der Waals surface area contributed by atoms with Crippen LogP contribution in [-0.4, -0.2) is 0 Å². The molecule has 1 aliphatic heterocycles. The molecule has 0 bridgehead atoms. The van der Waals surface area contributed by atoms with Crippen molar-refractivity contribution in [3.8, 4) is 33.6 Å². The van der Waals surface area contributed by atoms with Crippen molar-refractivity contribution in [3.63, 3.8) is 0 Å². The Morgan fingerprint density at radius 1 is 0.375 bits per heavy atom. The highest BCUT2D eigenvalue weighted by Crippen LogP contribution is 2.65. The highest BCUT2D eigenvalue weighted by atomic mass is 16.3. The summed E-state index contributed by atoms with van der Waals surface area (Å²) in [6.45, 7) is 0. The van der Waals surface area contributed by atoms with Crippen molar-refractivity contribution in [2.75, 3.05) is 9.80 Å². The van der Waals surface area contributed by atoms with Crippen molar-refractivity contribution in [2.24, 2.45) is 0 Å². The van der Waals surface area contributed by atoms with Crippen LogP contribution in [0.3, 0.4) is 0 Å². The second-order valence-corrected chi connectivity index (χ2v) is 16.8. The Balaban J connectivity index is 1.01. The molecule has 2 aliphatic rings. The van der Waals surface area contributed by atoms with Crippen LogP contribution in [0.5, 0.6) is 0 Å². The van der Waals surface area contributed by atoms with Crippen LogP contribution in [0.25, 0.3) is 55.3 Å². The Morgan fingerprint density at radius 2 is 1.00 bits per heavy atom. The first-order valence-corrected chi connectivity index (χ1v) is 22.0. The summed E-state index contributed by atoms with van der Waals surface area (Å²) < 4.78 is 6.22. The van der Waals surface area contributed by atoms with E-state index >= 15 is 0 Å². The first-order chi connectivity index (χ1) is 31.7. The van der Waals surface area contributed by atoms with Crippen molar-refractivity contribution in [1.29, 1.82) is 0 Å². The molecule has 0 fully saturated rings. The standard InChI is InChI=1S/C61H40N2O/c1-3-19-46(20-4-1)62(48-23-15-18-44(38-48)41-30-32-43(33-31-41)59-39-45-17-8-14-29-58(45)64-59)49-35-36-51-55(40-49)61(54-37-34-42-16-7-9-24-50(42)60(51)54)52-25-10-12-27-56(52)63(47-21-5-2-6-22-47)57-28-13-11-26-53(57)61/h1-40H. The van der Waals surface area contributed by atoms with E-state index in [9.17, 15) is 0 Å². The van der Waals surface area contributed by atoms with Crippen LogP contribution in [-0.2, 0) is 5.41 Å². The molecular formula is C61H40N2O. The summed E-state index contributed by atoms with van der Waals surface area (Å²) in [7, 11) is 0. The zero-order valence-electron chi connectivity index (χ0n) is 34.9. The third kappa shape index (κ3) is 5.41. The maximum Gasteiger partial charge on any atom is 0.135 e. The first-order valence-electron chi connectivity index (χ1n) is 22.0. The van der Waals surface area contributed by atoms with Gasteiger partial charge in [-0.15, -0.1) is 0 Å². The Bertz CT molecular complexity index is 3490. The number of nitrogens with zero attached hydrogens (tertiary/aromatic N) is 2. The van der Waals surface area contributed by atoms with Gasteiger partial charge >= 0.3 is 0 Å². The van der Waals surface area contributed by atoms with Crippen LogP contribution in [0.4, 0.5) is 34.1 Å². The Hall–Kier alpha value is -8.40. The quantitative estimate of drug-likeness (QED) is 0.167. The molecule has 2 heterocycles. The van der Waals surface area contributed by atoms with E-state index in [1.807, 2.05) is 18.2 Å². The van der Waals surface area contributed by atoms with Crippen LogP contribution >= 0.6 is 0 Å². The SMILES string of the molecule is c1ccc(N(c2cccc(-c3ccc(-c4cc5ccccc5o4)cc3)c2)c2ccc3c(c2)C2(c4ccccc4N(c4ccccc4)c4ccccc42)c2ccc4ccccc4c2-3)cc1. The van der Waals surface area contributed by atoms with Crippen molar-refractivity contribution >= 4 is 55.9 Å². The average Bonchev–Trinajstić information content (AvgIpc) is 3.93. The molecule has 300 valence electrons. The van der Waals surface area contributed by atoms with Crippen LogP contribution < -0.4 is 9.80 Å². The lowest BCUT2D eigenvalue weighted by molar-refractivity contribution is 0.631. The van der Waals surface area contributed by atoms with Gasteiger partial charge in [-0.05, 0) is 128 Å². The van der Waals surface area contributed by atoms with Gasteiger partial charge in [-0.2, -0.15) is 0 Å². The van der Waals surface area contributed by atoms with E-state index in [-0.39, 0.29) is 0 Å². The molecule has 13 rings (SSSR count). The molecule has 1 aromatic heterocycles. The number of para-hydroxylation sites is 5. The van der Waals surface area contributed by atoms with Gasteiger partial charge < -0.3 is 14.2 Å². The summed E-state index contributed by atoms with van der Waals surface area (Å²) >= 11 is 0. The van der Waals surface area contributed by atoms with E-state index in [4.69, 9.17) is 4.42 Å². The summed E-state index contributed by atoms with van der Waals surface area (Å²) in [5, 5.41) is 3.62. The molecular weight excluding hydrogens is 777 g/mol. The molecule has 0 unspecified atom stereocenters. The molecule has 0 saturated heterocycles. The van der Waals surface area contributed by atoms with Crippen LogP contribution in [0.1, 0.15) is 22.3 Å². The van der Waals surface area contributed by atoms with E-state index in [1.54, 1.807) is 0 Å². The minimum absolute atomic E-state index is 0.602. The monoisotopic (exact) mass is 816 g/mol. The molecule has 0 radical (unpaired) electrons. The molecule has 0 saturated carbocycles. The lowest BCUT2D eigenvalue weighted by Gasteiger charge is -2.45. The number of benzene rings is 10.